The Morgan fingerprint density at radius 2 is 1.92 bits per heavy atom. The number of piperazine rings is 1. The van der Waals surface area contributed by atoms with E-state index < -0.39 is 22.0 Å². The molecule has 0 saturated carbocycles. The molecule has 0 unspecified atom stereocenters. The van der Waals surface area contributed by atoms with Crippen molar-refractivity contribution in [3.05, 3.63) is 16.5 Å². The number of amides is 3. The lowest BCUT2D eigenvalue weighted by Crippen LogP contribution is -2.52. The summed E-state index contributed by atoms with van der Waals surface area (Å²) in [6.45, 7) is 4.00. The van der Waals surface area contributed by atoms with Crippen molar-refractivity contribution >= 4 is 44.9 Å². The average Bonchev–Trinajstić information content (AvgIpc) is 3.03. The standard InChI is InChI=1S/C15H23ClN4O4S2/c1-2-3-6-17-15(22)18-13(21)11-19-7-9-20(10-8-19)26(23,24)14-5-4-12(16)25-14/h4-5H,2-3,6-11H2,1H3,(H2,17,18,21,22). The number of rotatable bonds is 7. The van der Waals surface area contributed by atoms with Crippen molar-refractivity contribution in [2.24, 2.45) is 0 Å². The zero-order chi connectivity index (χ0) is 19.2. The van der Waals surface area contributed by atoms with E-state index in [-0.39, 0.29) is 23.8 Å². The minimum atomic E-state index is -3.55. The fourth-order valence-electron chi connectivity index (χ4n) is 2.48. The summed E-state index contributed by atoms with van der Waals surface area (Å²) in [4.78, 5) is 25.3. The van der Waals surface area contributed by atoms with Gasteiger partial charge in [-0.15, -0.1) is 11.3 Å². The number of hydrogen-bond acceptors (Lipinski definition) is 6. The Hall–Kier alpha value is -1.20. The first-order chi connectivity index (χ1) is 12.3. The molecule has 2 heterocycles. The van der Waals surface area contributed by atoms with Crippen LogP contribution in [0.3, 0.4) is 0 Å². The molecule has 1 aliphatic rings. The van der Waals surface area contributed by atoms with Gasteiger partial charge in [-0.05, 0) is 18.6 Å². The van der Waals surface area contributed by atoms with Gasteiger partial charge in [0.15, 0.2) is 0 Å². The Morgan fingerprint density at radius 1 is 1.23 bits per heavy atom. The van der Waals surface area contributed by atoms with Crippen LogP contribution in [0, 0.1) is 0 Å². The van der Waals surface area contributed by atoms with Crippen LogP contribution in [0.25, 0.3) is 0 Å². The van der Waals surface area contributed by atoms with Crippen LogP contribution in [0.5, 0.6) is 0 Å². The van der Waals surface area contributed by atoms with Gasteiger partial charge < -0.3 is 5.32 Å². The molecule has 0 atom stereocenters. The second-order valence-corrected chi connectivity index (χ2v) is 9.78. The summed E-state index contributed by atoms with van der Waals surface area (Å²) in [5.41, 5.74) is 0. The number of carbonyl (C=O) groups is 2. The smallest absolute Gasteiger partial charge is 0.321 e. The third kappa shape index (κ3) is 5.92. The Bertz CT molecular complexity index is 730. The fourth-order valence-corrected chi connectivity index (χ4v) is 5.54. The van der Waals surface area contributed by atoms with Gasteiger partial charge in [0.2, 0.25) is 5.91 Å². The van der Waals surface area contributed by atoms with Gasteiger partial charge in [0.25, 0.3) is 10.0 Å². The molecular weight excluding hydrogens is 400 g/mol. The lowest BCUT2D eigenvalue weighted by atomic mass is 10.3. The van der Waals surface area contributed by atoms with Crippen molar-refractivity contribution in [2.75, 3.05) is 39.3 Å². The number of nitrogens with zero attached hydrogens (tertiary/aromatic N) is 2. The van der Waals surface area contributed by atoms with Crippen LogP contribution >= 0.6 is 22.9 Å². The summed E-state index contributed by atoms with van der Waals surface area (Å²) in [5.74, 6) is -0.402. The third-order valence-electron chi connectivity index (χ3n) is 3.91. The molecule has 2 rings (SSSR count). The number of halogens is 1. The molecule has 2 N–H and O–H groups in total. The van der Waals surface area contributed by atoms with E-state index in [0.717, 1.165) is 24.2 Å². The number of nitrogens with one attached hydrogen (secondary N) is 2. The molecule has 3 amide bonds. The summed E-state index contributed by atoms with van der Waals surface area (Å²) >= 11 is 6.85. The maximum atomic E-state index is 12.5. The molecule has 26 heavy (non-hydrogen) atoms. The van der Waals surface area contributed by atoms with E-state index in [0.29, 0.717) is 24.0 Å². The molecule has 11 heteroatoms. The Balaban J connectivity index is 1.77. The van der Waals surface area contributed by atoms with Crippen LogP contribution in [0.1, 0.15) is 19.8 Å². The van der Waals surface area contributed by atoms with Gasteiger partial charge >= 0.3 is 6.03 Å². The van der Waals surface area contributed by atoms with E-state index in [1.165, 1.54) is 10.4 Å². The number of carbonyl (C=O) groups excluding carboxylic acids is 2. The van der Waals surface area contributed by atoms with Crippen molar-refractivity contribution in [1.82, 2.24) is 19.8 Å². The summed E-state index contributed by atoms with van der Waals surface area (Å²) in [6, 6.07) is 2.56. The van der Waals surface area contributed by atoms with Crippen LogP contribution in [-0.2, 0) is 14.8 Å². The van der Waals surface area contributed by atoms with Gasteiger partial charge in [0.1, 0.15) is 4.21 Å². The van der Waals surface area contributed by atoms with Crippen LogP contribution in [0.15, 0.2) is 16.3 Å². The van der Waals surface area contributed by atoms with E-state index in [2.05, 4.69) is 10.6 Å². The SMILES string of the molecule is CCCCNC(=O)NC(=O)CN1CCN(S(=O)(=O)c2ccc(Cl)s2)CC1. The summed E-state index contributed by atoms with van der Waals surface area (Å²) in [7, 11) is -3.55. The molecule has 1 fully saturated rings. The second-order valence-electron chi connectivity index (χ2n) is 5.90. The van der Waals surface area contributed by atoms with E-state index in [1.807, 2.05) is 11.8 Å². The predicted molar refractivity (Wildman–Crippen MR) is 101 cm³/mol. The number of urea groups is 1. The topological polar surface area (TPSA) is 98.8 Å². The van der Waals surface area contributed by atoms with Crippen LogP contribution in [0.2, 0.25) is 4.34 Å². The molecule has 0 aliphatic carbocycles. The predicted octanol–water partition coefficient (Wildman–Crippen LogP) is 1.33. The van der Waals surface area contributed by atoms with Crippen molar-refractivity contribution in [3.8, 4) is 0 Å². The van der Waals surface area contributed by atoms with Crippen molar-refractivity contribution in [1.29, 1.82) is 0 Å². The zero-order valence-electron chi connectivity index (χ0n) is 14.5. The largest absolute Gasteiger partial charge is 0.338 e. The minimum Gasteiger partial charge on any atom is -0.338 e. The molecule has 0 bridgehead atoms. The first-order valence-corrected chi connectivity index (χ1v) is 11.0. The van der Waals surface area contributed by atoms with Gasteiger partial charge in [0, 0.05) is 32.7 Å². The molecule has 1 aliphatic heterocycles. The number of sulfonamides is 1. The molecule has 146 valence electrons. The first kappa shape index (κ1) is 21.1. The van der Waals surface area contributed by atoms with Crippen molar-refractivity contribution in [2.45, 2.75) is 24.0 Å². The summed E-state index contributed by atoms with van der Waals surface area (Å²) in [5, 5.41) is 4.89. The van der Waals surface area contributed by atoms with Gasteiger partial charge in [-0.2, -0.15) is 4.31 Å². The molecular formula is C15H23ClN4O4S2. The van der Waals surface area contributed by atoms with Crippen molar-refractivity contribution in [3.63, 3.8) is 0 Å². The number of thiophene rings is 1. The number of unbranched alkanes of at least 4 members (excludes halogenated alkanes) is 1. The first-order valence-electron chi connectivity index (χ1n) is 8.38. The van der Waals surface area contributed by atoms with E-state index >= 15 is 0 Å². The Labute approximate surface area is 162 Å². The third-order valence-corrected chi connectivity index (χ3v) is 7.51. The average molecular weight is 423 g/mol. The van der Waals surface area contributed by atoms with E-state index in [1.54, 1.807) is 6.07 Å². The maximum Gasteiger partial charge on any atom is 0.321 e. The lowest BCUT2D eigenvalue weighted by Gasteiger charge is -2.33. The molecule has 1 aromatic heterocycles. The molecule has 1 aromatic rings. The van der Waals surface area contributed by atoms with Gasteiger partial charge in [-0.25, -0.2) is 13.2 Å². The van der Waals surface area contributed by atoms with E-state index in [9.17, 15) is 18.0 Å². The highest BCUT2D eigenvalue weighted by Gasteiger charge is 2.30. The fraction of sp³-hybridized carbons (Fsp3) is 0.600. The highest BCUT2D eigenvalue weighted by Crippen LogP contribution is 2.28. The zero-order valence-corrected chi connectivity index (χ0v) is 16.9. The van der Waals surface area contributed by atoms with Gasteiger partial charge in [0.05, 0.1) is 10.9 Å². The van der Waals surface area contributed by atoms with Gasteiger partial charge in [-0.3, -0.25) is 15.0 Å². The Kier molecular flexibility index (Phi) is 7.84. The lowest BCUT2D eigenvalue weighted by molar-refractivity contribution is -0.121. The van der Waals surface area contributed by atoms with Crippen LogP contribution in [0.4, 0.5) is 4.79 Å². The number of hydrogen-bond donors (Lipinski definition) is 2. The Morgan fingerprint density at radius 3 is 2.50 bits per heavy atom. The van der Waals surface area contributed by atoms with Crippen molar-refractivity contribution < 1.29 is 18.0 Å². The summed E-state index contributed by atoms with van der Waals surface area (Å²) in [6.07, 6.45) is 1.81. The highest BCUT2D eigenvalue weighted by molar-refractivity contribution is 7.91. The molecule has 0 spiro atoms. The molecule has 1 saturated heterocycles. The minimum absolute atomic E-state index is 0.0555. The quantitative estimate of drug-likeness (QED) is 0.646. The molecule has 8 nitrogen and oxygen atoms in total. The van der Waals surface area contributed by atoms with E-state index in [4.69, 9.17) is 11.6 Å². The summed E-state index contributed by atoms with van der Waals surface area (Å²) < 4.78 is 27.1. The normalized spacial score (nSPS) is 16.4. The van der Waals surface area contributed by atoms with Crippen LogP contribution in [-0.4, -0.2) is 68.8 Å². The monoisotopic (exact) mass is 422 g/mol. The highest BCUT2D eigenvalue weighted by atomic mass is 35.5. The number of imide groups is 1. The van der Waals surface area contributed by atoms with Crippen LogP contribution < -0.4 is 10.6 Å². The van der Waals surface area contributed by atoms with Gasteiger partial charge in [-0.1, -0.05) is 24.9 Å². The molecule has 0 radical (unpaired) electrons. The second kappa shape index (κ2) is 9.65. The maximum absolute atomic E-state index is 12.5. The molecule has 0 aromatic carbocycles.